The molecule has 0 aliphatic rings. The van der Waals surface area contributed by atoms with E-state index in [0.29, 0.717) is 6.42 Å². The minimum Gasteiger partial charge on any atom is -0.478 e. The van der Waals surface area contributed by atoms with Gasteiger partial charge >= 0.3 is 5.97 Å². The predicted molar refractivity (Wildman–Crippen MR) is 79.3 cm³/mol. The molecule has 118 valence electrons. The van der Waals surface area contributed by atoms with E-state index in [-0.39, 0.29) is 40.7 Å². The van der Waals surface area contributed by atoms with Crippen LogP contribution in [0.5, 0.6) is 0 Å². The van der Waals surface area contributed by atoms with Gasteiger partial charge in [0, 0.05) is 18.1 Å². The molecular formula is C13H18ClNO5S. The molecule has 0 spiro atoms. The number of benzene rings is 1. The number of carboxylic acid groups (broad SMARTS) is 1. The summed E-state index contributed by atoms with van der Waals surface area (Å²) in [4.78, 5) is 11.0. The molecule has 1 aromatic rings. The molecule has 1 aromatic carbocycles. The molecule has 8 heteroatoms. The lowest BCUT2D eigenvalue weighted by Gasteiger charge is -2.22. The summed E-state index contributed by atoms with van der Waals surface area (Å²) in [5.74, 6) is -1.24. The molecule has 0 aliphatic carbocycles. The third-order valence-electron chi connectivity index (χ3n) is 3.00. The molecule has 6 nitrogen and oxygen atoms in total. The average molecular weight is 336 g/mol. The Morgan fingerprint density at radius 3 is 2.43 bits per heavy atom. The molecule has 0 amide bonds. The number of nitrogens with zero attached hydrogens (tertiary/aromatic N) is 1. The smallest absolute Gasteiger partial charge is 0.336 e. The second kappa shape index (κ2) is 7.22. The third kappa shape index (κ3) is 3.94. The second-order valence-corrected chi connectivity index (χ2v) is 6.85. The molecule has 0 heterocycles. The number of hydrogen-bond donors (Lipinski definition) is 2. The van der Waals surface area contributed by atoms with Crippen molar-refractivity contribution in [2.24, 2.45) is 0 Å². The first-order chi connectivity index (χ1) is 9.75. The molecule has 0 bridgehead atoms. The topological polar surface area (TPSA) is 94.9 Å². The van der Waals surface area contributed by atoms with Crippen LogP contribution in [-0.2, 0) is 10.0 Å². The number of rotatable bonds is 7. The molecule has 2 N–H and O–H groups in total. The van der Waals surface area contributed by atoms with Crippen molar-refractivity contribution in [2.45, 2.75) is 25.2 Å². The van der Waals surface area contributed by atoms with Gasteiger partial charge in [0.25, 0.3) is 0 Å². The van der Waals surface area contributed by atoms with Crippen molar-refractivity contribution in [1.29, 1.82) is 0 Å². The first kappa shape index (κ1) is 17.9. The molecule has 21 heavy (non-hydrogen) atoms. The van der Waals surface area contributed by atoms with Crippen molar-refractivity contribution < 1.29 is 23.4 Å². The van der Waals surface area contributed by atoms with E-state index in [4.69, 9.17) is 21.8 Å². The SMILES string of the molecule is CCCN(CCO)S(=O)(=O)c1cc(Cl)cc(C(=O)O)c1C. The van der Waals surface area contributed by atoms with Crippen LogP contribution in [0.2, 0.25) is 5.02 Å². The second-order valence-electron chi connectivity index (χ2n) is 4.51. The lowest BCUT2D eigenvalue weighted by atomic mass is 10.1. The molecular weight excluding hydrogens is 318 g/mol. The van der Waals surface area contributed by atoms with E-state index in [1.165, 1.54) is 19.1 Å². The summed E-state index contributed by atoms with van der Waals surface area (Å²) >= 11 is 5.84. The van der Waals surface area contributed by atoms with Gasteiger partial charge in [-0.2, -0.15) is 4.31 Å². The highest BCUT2D eigenvalue weighted by atomic mass is 35.5. The fourth-order valence-corrected chi connectivity index (χ4v) is 4.08. The van der Waals surface area contributed by atoms with Crippen molar-refractivity contribution in [1.82, 2.24) is 4.31 Å². The molecule has 0 saturated carbocycles. The van der Waals surface area contributed by atoms with Crippen molar-refractivity contribution in [3.05, 3.63) is 28.3 Å². The van der Waals surface area contributed by atoms with Crippen molar-refractivity contribution in [3.8, 4) is 0 Å². The summed E-state index contributed by atoms with van der Waals surface area (Å²) in [6, 6.07) is 2.45. The molecule has 0 radical (unpaired) electrons. The van der Waals surface area contributed by atoms with Crippen LogP contribution in [0.1, 0.15) is 29.3 Å². The minimum absolute atomic E-state index is 0.0389. The first-order valence-electron chi connectivity index (χ1n) is 6.40. The molecule has 0 atom stereocenters. The van der Waals surface area contributed by atoms with Gasteiger partial charge in [-0.3, -0.25) is 0 Å². The van der Waals surface area contributed by atoms with Crippen molar-refractivity contribution >= 4 is 27.6 Å². The summed E-state index contributed by atoms with van der Waals surface area (Å²) in [5, 5.41) is 18.2. The van der Waals surface area contributed by atoms with Crippen LogP contribution in [-0.4, -0.2) is 48.6 Å². The van der Waals surface area contributed by atoms with E-state index in [2.05, 4.69) is 0 Å². The van der Waals surface area contributed by atoms with E-state index >= 15 is 0 Å². The zero-order valence-corrected chi connectivity index (χ0v) is 13.4. The van der Waals surface area contributed by atoms with E-state index < -0.39 is 16.0 Å². The number of carboxylic acids is 1. The molecule has 0 unspecified atom stereocenters. The highest BCUT2D eigenvalue weighted by Gasteiger charge is 2.27. The molecule has 0 saturated heterocycles. The predicted octanol–water partition coefficient (Wildman–Crippen LogP) is 1.74. The van der Waals surface area contributed by atoms with Crippen LogP contribution in [0.15, 0.2) is 17.0 Å². The lowest BCUT2D eigenvalue weighted by molar-refractivity contribution is 0.0695. The fourth-order valence-electron chi connectivity index (χ4n) is 2.00. The number of sulfonamides is 1. The highest BCUT2D eigenvalue weighted by Crippen LogP contribution is 2.27. The number of carbonyl (C=O) groups is 1. The van der Waals surface area contributed by atoms with Gasteiger partial charge in [0.15, 0.2) is 0 Å². The van der Waals surface area contributed by atoms with Gasteiger partial charge in [-0.15, -0.1) is 0 Å². The largest absolute Gasteiger partial charge is 0.478 e. The van der Waals surface area contributed by atoms with Crippen LogP contribution >= 0.6 is 11.6 Å². The minimum atomic E-state index is -3.91. The van der Waals surface area contributed by atoms with Gasteiger partial charge in [0.05, 0.1) is 17.1 Å². The Kier molecular flexibility index (Phi) is 6.15. The average Bonchev–Trinajstić information content (AvgIpc) is 2.40. The van der Waals surface area contributed by atoms with E-state index in [1.54, 1.807) is 0 Å². The van der Waals surface area contributed by atoms with Crippen LogP contribution in [0, 0.1) is 6.92 Å². The van der Waals surface area contributed by atoms with E-state index in [1.807, 2.05) is 6.92 Å². The number of aliphatic hydroxyl groups is 1. The van der Waals surface area contributed by atoms with Crippen molar-refractivity contribution in [3.63, 3.8) is 0 Å². The molecule has 0 fully saturated rings. The van der Waals surface area contributed by atoms with Crippen LogP contribution in [0.3, 0.4) is 0 Å². The Bertz CT molecular complexity index is 624. The van der Waals surface area contributed by atoms with E-state index in [0.717, 1.165) is 4.31 Å². The first-order valence-corrected chi connectivity index (χ1v) is 8.22. The van der Waals surface area contributed by atoms with Gasteiger partial charge in [0.1, 0.15) is 0 Å². The number of halogens is 1. The van der Waals surface area contributed by atoms with Crippen LogP contribution in [0.25, 0.3) is 0 Å². The van der Waals surface area contributed by atoms with Crippen molar-refractivity contribution in [2.75, 3.05) is 19.7 Å². The molecule has 0 aromatic heterocycles. The maximum atomic E-state index is 12.6. The van der Waals surface area contributed by atoms with Gasteiger partial charge < -0.3 is 10.2 Å². The van der Waals surface area contributed by atoms with Gasteiger partial charge in [-0.05, 0) is 31.0 Å². The summed E-state index contributed by atoms with van der Waals surface area (Å²) in [6.07, 6.45) is 0.574. The Labute approximate surface area is 129 Å². The quantitative estimate of drug-likeness (QED) is 0.791. The lowest BCUT2D eigenvalue weighted by Crippen LogP contribution is -2.34. The Hall–Kier alpha value is -1.15. The van der Waals surface area contributed by atoms with Crippen LogP contribution < -0.4 is 0 Å². The Morgan fingerprint density at radius 1 is 1.33 bits per heavy atom. The van der Waals surface area contributed by atoms with Crippen LogP contribution in [0.4, 0.5) is 0 Å². The maximum absolute atomic E-state index is 12.6. The zero-order valence-electron chi connectivity index (χ0n) is 11.8. The number of aliphatic hydroxyl groups excluding tert-OH is 1. The third-order valence-corrected chi connectivity index (χ3v) is 5.24. The van der Waals surface area contributed by atoms with Gasteiger partial charge in [-0.1, -0.05) is 18.5 Å². The standard InChI is InChI=1S/C13H18ClNO5S/c1-3-4-15(5-6-16)21(19,20)12-8-10(14)7-11(9(12)2)13(17)18/h7-8,16H,3-6H2,1-2H3,(H,17,18). The summed E-state index contributed by atoms with van der Waals surface area (Å²) in [6.45, 7) is 3.11. The fraction of sp³-hybridized carbons (Fsp3) is 0.462. The summed E-state index contributed by atoms with van der Waals surface area (Å²) in [7, 11) is -3.91. The summed E-state index contributed by atoms with van der Waals surface area (Å²) in [5.41, 5.74) is -0.0209. The number of hydrogen-bond acceptors (Lipinski definition) is 4. The Morgan fingerprint density at radius 2 is 1.95 bits per heavy atom. The monoisotopic (exact) mass is 335 g/mol. The van der Waals surface area contributed by atoms with Gasteiger partial charge in [-0.25, -0.2) is 13.2 Å². The van der Waals surface area contributed by atoms with E-state index in [9.17, 15) is 13.2 Å². The Balaban J connectivity index is 3.46. The summed E-state index contributed by atoms with van der Waals surface area (Å²) < 4.78 is 26.4. The normalized spacial score (nSPS) is 11.9. The van der Waals surface area contributed by atoms with Gasteiger partial charge in [0.2, 0.25) is 10.0 Å². The molecule has 1 rings (SSSR count). The molecule has 0 aliphatic heterocycles. The highest BCUT2D eigenvalue weighted by molar-refractivity contribution is 7.89. The number of aromatic carboxylic acids is 1. The zero-order chi connectivity index (χ0) is 16.2. The maximum Gasteiger partial charge on any atom is 0.336 e.